The van der Waals surface area contributed by atoms with Crippen molar-refractivity contribution in [2.75, 3.05) is 13.2 Å². The predicted molar refractivity (Wildman–Crippen MR) is 126 cm³/mol. The summed E-state index contributed by atoms with van der Waals surface area (Å²) in [5.41, 5.74) is -1.53. The second-order valence-electron chi connectivity index (χ2n) is 9.30. The largest absolute Gasteiger partial charge is 0.416 e. The van der Waals surface area contributed by atoms with Gasteiger partial charge in [-0.2, -0.15) is 13.2 Å². The van der Waals surface area contributed by atoms with Crippen LogP contribution in [0.1, 0.15) is 54.0 Å². The summed E-state index contributed by atoms with van der Waals surface area (Å²) in [5, 5.41) is 14.0. The van der Waals surface area contributed by atoms with Gasteiger partial charge < -0.3 is 10.1 Å². The molecule has 1 atom stereocenters. The summed E-state index contributed by atoms with van der Waals surface area (Å²) in [5.74, 6) is -0.580. The fourth-order valence-electron chi connectivity index (χ4n) is 4.78. The molecule has 0 bridgehead atoms. The van der Waals surface area contributed by atoms with Crippen molar-refractivity contribution in [3.63, 3.8) is 0 Å². The average molecular weight is 508 g/mol. The van der Waals surface area contributed by atoms with Crippen LogP contribution in [-0.2, 0) is 16.3 Å². The van der Waals surface area contributed by atoms with Crippen LogP contribution in [0.2, 0.25) is 0 Å². The number of nitrogens with one attached hydrogen (secondary N) is 1. The molecule has 11 heteroatoms. The lowest BCUT2D eigenvalue weighted by Crippen LogP contribution is -2.45. The number of carbonyl (C=O) groups excluding carboxylic acids is 1. The Balaban J connectivity index is 1.55. The van der Waals surface area contributed by atoms with Gasteiger partial charge in [-0.15, -0.1) is 11.3 Å². The summed E-state index contributed by atoms with van der Waals surface area (Å²) < 4.78 is 45.3. The van der Waals surface area contributed by atoms with E-state index in [1.807, 2.05) is 32.0 Å². The standard InChI is InChI=1S/C24H24F3N3O4S/c1-22(2)14-23(9-11-34-22,15-6-4-3-5-7-15)8-10-28-20(31)21-29-17-12-16(24(25,26)27)13-18(30(32)33)19(17)35-21/h3-7,12-13H,8-11,14H2,1-2H3,(H,28,31). The zero-order valence-corrected chi connectivity index (χ0v) is 20.0. The first-order valence-electron chi connectivity index (χ1n) is 11.0. The van der Waals surface area contributed by atoms with E-state index in [1.54, 1.807) is 0 Å². The van der Waals surface area contributed by atoms with Gasteiger partial charge in [-0.3, -0.25) is 14.9 Å². The summed E-state index contributed by atoms with van der Waals surface area (Å²) >= 11 is 0.709. The molecule has 1 amide bonds. The van der Waals surface area contributed by atoms with E-state index in [2.05, 4.69) is 22.4 Å². The lowest BCUT2D eigenvalue weighted by molar-refractivity contribution is -0.383. The molecule has 1 unspecified atom stereocenters. The van der Waals surface area contributed by atoms with Gasteiger partial charge in [0.15, 0.2) is 5.01 Å². The van der Waals surface area contributed by atoms with E-state index >= 15 is 0 Å². The second kappa shape index (κ2) is 9.19. The Labute approximate surface area is 203 Å². The summed E-state index contributed by atoms with van der Waals surface area (Å²) in [7, 11) is 0. The molecule has 2 heterocycles. The van der Waals surface area contributed by atoms with Gasteiger partial charge in [0.1, 0.15) is 4.70 Å². The molecule has 1 N–H and O–H groups in total. The van der Waals surface area contributed by atoms with E-state index in [0.717, 1.165) is 24.5 Å². The van der Waals surface area contributed by atoms with Gasteiger partial charge in [-0.1, -0.05) is 30.3 Å². The minimum Gasteiger partial charge on any atom is -0.376 e. The third kappa shape index (κ3) is 5.30. The maximum atomic E-state index is 13.2. The molecular formula is C24H24F3N3O4S. The van der Waals surface area contributed by atoms with E-state index in [1.165, 1.54) is 0 Å². The number of benzene rings is 2. The minimum atomic E-state index is -4.77. The first-order chi connectivity index (χ1) is 16.4. The van der Waals surface area contributed by atoms with E-state index in [0.29, 0.717) is 37.0 Å². The molecule has 1 saturated heterocycles. The monoisotopic (exact) mass is 507 g/mol. The van der Waals surface area contributed by atoms with E-state index in [9.17, 15) is 28.1 Å². The Morgan fingerprint density at radius 1 is 1.26 bits per heavy atom. The number of nitro benzene ring substituents is 1. The second-order valence-corrected chi connectivity index (χ2v) is 10.3. The average Bonchev–Trinajstić information content (AvgIpc) is 3.22. The molecule has 186 valence electrons. The normalized spacial score (nSPS) is 20.0. The highest BCUT2D eigenvalue weighted by Crippen LogP contribution is 2.44. The molecule has 1 aliphatic rings. The first-order valence-corrected chi connectivity index (χ1v) is 11.9. The third-order valence-corrected chi connectivity index (χ3v) is 7.39. The predicted octanol–water partition coefficient (Wildman–Crippen LogP) is 5.87. The van der Waals surface area contributed by atoms with Crippen LogP contribution in [0, 0.1) is 10.1 Å². The molecule has 2 aromatic carbocycles. The number of aromatic nitrogens is 1. The Hall–Kier alpha value is -3.05. The molecule has 35 heavy (non-hydrogen) atoms. The Kier molecular flexibility index (Phi) is 6.58. The van der Waals surface area contributed by atoms with Crippen molar-refractivity contribution in [2.45, 2.75) is 50.3 Å². The van der Waals surface area contributed by atoms with Crippen LogP contribution in [0.5, 0.6) is 0 Å². The number of alkyl halides is 3. The van der Waals surface area contributed by atoms with Gasteiger partial charge in [0.05, 0.1) is 21.6 Å². The minimum absolute atomic E-state index is 0.0694. The molecule has 4 rings (SSSR count). The van der Waals surface area contributed by atoms with Gasteiger partial charge in [0.25, 0.3) is 11.6 Å². The van der Waals surface area contributed by atoms with Gasteiger partial charge in [-0.25, -0.2) is 4.98 Å². The number of carbonyl (C=O) groups is 1. The van der Waals surface area contributed by atoms with E-state index < -0.39 is 28.3 Å². The number of amides is 1. The zero-order valence-electron chi connectivity index (χ0n) is 19.1. The lowest BCUT2D eigenvalue weighted by atomic mass is 9.67. The quantitative estimate of drug-likeness (QED) is 0.333. The van der Waals surface area contributed by atoms with Crippen LogP contribution in [0.3, 0.4) is 0 Å². The summed E-state index contributed by atoms with van der Waals surface area (Å²) in [6.45, 7) is 4.95. The zero-order chi connectivity index (χ0) is 25.4. The number of nitro groups is 1. The number of hydrogen-bond donors (Lipinski definition) is 1. The van der Waals surface area contributed by atoms with E-state index in [-0.39, 0.29) is 26.2 Å². The SMILES string of the molecule is CC1(C)CC(CCNC(=O)c2nc3cc(C(F)(F)F)cc([N+](=O)[O-])c3s2)(c2ccccc2)CCO1. The lowest BCUT2D eigenvalue weighted by Gasteiger charge is -2.45. The number of ether oxygens (including phenoxy) is 1. The molecular weight excluding hydrogens is 483 g/mol. The van der Waals surface area contributed by atoms with E-state index in [4.69, 9.17) is 4.74 Å². The fourth-order valence-corrected chi connectivity index (χ4v) is 5.72. The van der Waals surface area contributed by atoms with Crippen LogP contribution < -0.4 is 5.32 Å². The third-order valence-electron chi connectivity index (χ3n) is 6.30. The summed E-state index contributed by atoms with van der Waals surface area (Å²) in [6, 6.07) is 11.2. The van der Waals surface area contributed by atoms with Crippen LogP contribution in [0.4, 0.5) is 18.9 Å². The molecule has 0 saturated carbocycles. The van der Waals surface area contributed by atoms with Gasteiger partial charge in [0, 0.05) is 24.6 Å². The Morgan fingerprint density at radius 3 is 2.60 bits per heavy atom. The van der Waals surface area contributed by atoms with Crippen molar-refractivity contribution in [2.24, 2.45) is 0 Å². The molecule has 0 radical (unpaired) electrons. The maximum absolute atomic E-state index is 13.2. The van der Waals surface area contributed by atoms with Crippen molar-refractivity contribution in [1.82, 2.24) is 10.3 Å². The van der Waals surface area contributed by atoms with Crippen molar-refractivity contribution in [1.29, 1.82) is 0 Å². The number of nitrogens with zero attached hydrogens (tertiary/aromatic N) is 2. The van der Waals surface area contributed by atoms with Gasteiger partial charge in [0.2, 0.25) is 0 Å². The number of thiazole rings is 1. The molecule has 7 nitrogen and oxygen atoms in total. The smallest absolute Gasteiger partial charge is 0.376 e. The highest BCUT2D eigenvalue weighted by Gasteiger charge is 2.42. The highest BCUT2D eigenvalue weighted by atomic mass is 32.1. The van der Waals surface area contributed by atoms with Crippen LogP contribution in [-0.4, -0.2) is 34.6 Å². The Bertz CT molecular complexity index is 1260. The van der Waals surface area contributed by atoms with Crippen LogP contribution >= 0.6 is 11.3 Å². The van der Waals surface area contributed by atoms with Crippen molar-refractivity contribution in [3.8, 4) is 0 Å². The first kappa shape index (κ1) is 25.1. The number of halogens is 3. The molecule has 3 aromatic rings. The van der Waals surface area contributed by atoms with Crippen molar-refractivity contribution in [3.05, 3.63) is 68.7 Å². The summed E-state index contributed by atoms with van der Waals surface area (Å²) in [4.78, 5) is 27.2. The number of non-ortho nitro benzene ring substituents is 1. The molecule has 0 aliphatic carbocycles. The number of rotatable bonds is 6. The van der Waals surface area contributed by atoms with Gasteiger partial charge >= 0.3 is 6.18 Å². The number of hydrogen-bond acceptors (Lipinski definition) is 6. The number of fused-ring (bicyclic) bond motifs is 1. The molecule has 0 spiro atoms. The maximum Gasteiger partial charge on any atom is 0.416 e. The fraction of sp³-hybridized carbons (Fsp3) is 0.417. The summed E-state index contributed by atoms with van der Waals surface area (Å²) in [6.07, 6.45) is -2.61. The topological polar surface area (TPSA) is 94.4 Å². The van der Waals surface area contributed by atoms with Gasteiger partial charge in [-0.05, 0) is 44.7 Å². The van der Waals surface area contributed by atoms with Crippen molar-refractivity contribution >= 4 is 33.1 Å². The Morgan fingerprint density at radius 2 is 1.97 bits per heavy atom. The molecule has 1 fully saturated rings. The van der Waals surface area contributed by atoms with Crippen LogP contribution in [0.15, 0.2) is 42.5 Å². The molecule has 1 aliphatic heterocycles. The molecule has 1 aromatic heterocycles. The van der Waals surface area contributed by atoms with Crippen molar-refractivity contribution < 1.29 is 27.6 Å². The van der Waals surface area contributed by atoms with Crippen LogP contribution in [0.25, 0.3) is 10.2 Å². The highest BCUT2D eigenvalue weighted by molar-refractivity contribution is 7.20.